The van der Waals surface area contributed by atoms with Gasteiger partial charge in [0, 0.05) is 25.0 Å². The maximum atomic E-state index is 15.7. The highest BCUT2D eigenvalue weighted by atomic mass is 19.1. The van der Waals surface area contributed by atoms with Crippen molar-refractivity contribution in [3.8, 4) is 11.1 Å². The number of nitrogens with zero attached hydrogens (tertiary/aromatic N) is 1. The Hall–Kier alpha value is -2.34. The van der Waals surface area contributed by atoms with Crippen LogP contribution in [0.15, 0.2) is 42.5 Å². The number of carbonyl (C=O) groups is 1. The highest BCUT2D eigenvalue weighted by Gasteiger charge is 2.63. The summed E-state index contributed by atoms with van der Waals surface area (Å²) in [7, 11) is 0. The zero-order valence-electron chi connectivity index (χ0n) is 15.0. The molecule has 1 heterocycles. The first kappa shape index (κ1) is 18.0. The molecule has 0 spiro atoms. The second-order valence-corrected chi connectivity index (χ2v) is 7.51. The van der Waals surface area contributed by atoms with Crippen molar-refractivity contribution in [2.75, 3.05) is 6.54 Å². The molecule has 2 aromatic rings. The van der Waals surface area contributed by atoms with Crippen LogP contribution in [-0.4, -0.2) is 29.4 Å². The van der Waals surface area contributed by atoms with Gasteiger partial charge in [-0.05, 0) is 36.6 Å². The van der Waals surface area contributed by atoms with E-state index in [0.29, 0.717) is 6.54 Å². The SMILES string of the molecule is C[C@H](N)[C@@H]1CCN1C(=O)[C@@H]1C[C@@]1(F)c1ccccc1-c1c(F)cccc1F. The minimum absolute atomic E-state index is 0.0150. The lowest BCUT2D eigenvalue weighted by molar-refractivity contribution is -0.142. The third-order valence-electron chi connectivity index (χ3n) is 5.75. The first-order valence-corrected chi connectivity index (χ1v) is 9.13. The Morgan fingerprint density at radius 2 is 1.85 bits per heavy atom. The van der Waals surface area contributed by atoms with Crippen LogP contribution in [0.1, 0.15) is 25.3 Å². The molecule has 0 unspecified atom stereocenters. The average molecular weight is 374 g/mol. The predicted molar refractivity (Wildman–Crippen MR) is 96.5 cm³/mol. The molecule has 6 heteroatoms. The summed E-state index contributed by atoms with van der Waals surface area (Å²) in [5, 5.41) is 0. The van der Waals surface area contributed by atoms with Crippen LogP contribution >= 0.6 is 0 Å². The maximum absolute atomic E-state index is 15.7. The average Bonchev–Trinajstić information content (AvgIpc) is 3.27. The number of alkyl halides is 1. The molecule has 1 saturated heterocycles. The van der Waals surface area contributed by atoms with Crippen molar-refractivity contribution in [2.24, 2.45) is 11.7 Å². The molecule has 2 aromatic carbocycles. The predicted octanol–water partition coefficient (Wildman–Crippen LogP) is 3.76. The Bertz CT molecular complexity index is 880. The van der Waals surface area contributed by atoms with Gasteiger partial charge < -0.3 is 10.6 Å². The van der Waals surface area contributed by atoms with Gasteiger partial charge in [0.15, 0.2) is 0 Å². The number of likely N-dealkylation sites (tertiary alicyclic amines) is 1. The Kier molecular flexibility index (Phi) is 4.26. The number of rotatable bonds is 4. The number of halogens is 3. The molecular formula is C21H21F3N2O. The van der Waals surface area contributed by atoms with E-state index in [2.05, 4.69) is 0 Å². The zero-order valence-corrected chi connectivity index (χ0v) is 15.0. The van der Waals surface area contributed by atoms with Gasteiger partial charge in [0.25, 0.3) is 0 Å². The molecule has 3 nitrogen and oxygen atoms in total. The van der Waals surface area contributed by atoms with Crippen molar-refractivity contribution in [3.05, 3.63) is 59.7 Å². The summed E-state index contributed by atoms with van der Waals surface area (Å²) in [4.78, 5) is 14.4. The molecule has 142 valence electrons. The van der Waals surface area contributed by atoms with Crippen LogP contribution in [-0.2, 0) is 10.5 Å². The van der Waals surface area contributed by atoms with Crippen LogP contribution in [0, 0.1) is 17.6 Å². The Balaban J connectivity index is 1.67. The van der Waals surface area contributed by atoms with Gasteiger partial charge in [0.1, 0.15) is 17.3 Å². The summed E-state index contributed by atoms with van der Waals surface area (Å²) in [5.74, 6) is -2.62. The Morgan fingerprint density at radius 3 is 2.44 bits per heavy atom. The van der Waals surface area contributed by atoms with E-state index in [9.17, 15) is 13.6 Å². The molecule has 2 aliphatic rings. The molecule has 1 aliphatic carbocycles. The van der Waals surface area contributed by atoms with Gasteiger partial charge in [-0.3, -0.25) is 4.79 Å². The second-order valence-electron chi connectivity index (χ2n) is 7.51. The highest BCUT2D eigenvalue weighted by Crippen LogP contribution is 2.59. The summed E-state index contributed by atoms with van der Waals surface area (Å²) >= 11 is 0. The van der Waals surface area contributed by atoms with Crippen molar-refractivity contribution in [1.29, 1.82) is 0 Å². The quantitative estimate of drug-likeness (QED) is 0.886. The summed E-state index contributed by atoms with van der Waals surface area (Å²) < 4.78 is 44.2. The van der Waals surface area contributed by atoms with Gasteiger partial charge >= 0.3 is 0 Å². The largest absolute Gasteiger partial charge is 0.338 e. The van der Waals surface area contributed by atoms with Crippen molar-refractivity contribution in [2.45, 2.75) is 37.5 Å². The Labute approximate surface area is 156 Å². The van der Waals surface area contributed by atoms with Crippen LogP contribution in [0.3, 0.4) is 0 Å². The van der Waals surface area contributed by atoms with Crippen LogP contribution in [0.5, 0.6) is 0 Å². The Morgan fingerprint density at radius 1 is 1.19 bits per heavy atom. The fourth-order valence-corrected chi connectivity index (χ4v) is 4.07. The van der Waals surface area contributed by atoms with Gasteiger partial charge in [0.2, 0.25) is 5.91 Å². The number of hydrogen-bond acceptors (Lipinski definition) is 2. The molecule has 0 bridgehead atoms. The molecule has 4 atom stereocenters. The van der Waals surface area contributed by atoms with Crippen molar-refractivity contribution < 1.29 is 18.0 Å². The summed E-state index contributed by atoms with van der Waals surface area (Å²) in [5.41, 5.74) is 4.02. The van der Waals surface area contributed by atoms with Crippen LogP contribution in [0.2, 0.25) is 0 Å². The molecule has 2 N–H and O–H groups in total. The lowest BCUT2D eigenvalue weighted by atomic mass is 9.92. The van der Waals surface area contributed by atoms with Crippen molar-refractivity contribution in [3.63, 3.8) is 0 Å². The molecular weight excluding hydrogens is 353 g/mol. The van der Waals surface area contributed by atoms with E-state index in [-0.39, 0.29) is 41.1 Å². The number of carbonyl (C=O) groups excluding carboxylic acids is 1. The van der Waals surface area contributed by atoms with E-state index in [1.807, 2.05) is 6.92 Å². The zero-order chi connectivity index (χ0) is 19.3. The number of amides is 1. The first-order chi connectivity index (χ1) is 12.8. The third kappa shape index (κ3) is 2.83. The molecule has 27 heavy (non-hydrogen) atoms. The lowest BCUT2D eigenvalue weighted by Crippen LogP contribution is -2.59. The monoisotopic (exact) mass is 374 g/mol. The lowest BCUT2D eigenvalue weighted by Gasteiger charge is -2.43. The van der Waals surface area contributed by atoms with Crippen LogP contribution in [0.4, 0.5) is 13.2 Å². The van der Waals surface area contributed by atoms with E-state index < -0.39 is 23.2 Å². The normalized spacial score (nSPS) is 27.8. The molecule has 1 saturated carbocycles. The van der Waals surface area contributed by atoms with E-state index in [4.69, 9.17) is 5.73 Å². The van der Waals surface area contributed by atoms with E-state index >= 15 is 4.39 Å². The number of benzene rings is 2. The van der Waals surface area contributed by atoms with Crippen molar-refractivity contribution in [1.82, 2.24) is 4.90 Å². The first-order valence-electron chi connectivity index (χ1n) is 9.13. The minimum atomic E-state index is -1.92. The summed E-state index contributed by atoms with van der Waals surface area (Å²) in [6.07, 6.45) is 0.827. The summed E-state index contributed by atoms with van der Waals surface area (Å²) in [6.45, 7) is 2.40. The molecule has 1 amide bonds. The fourth-order valence-electron chi connectivity index (χ4n) is 4.07. The van der Waals surface area contributed by atoms with Gasteiger partial charge in [-0.15, -0.1) is 0 Å². The summed E-state index contributed by atoms with van der Waals surface area (Å²) in [6, 6.07) is 9.54. The van der Waals surface area contributed by atoms with Crippen molar-refractivity contribution >= 4 is 5.91 Å². The van der Waals surface area contributed by atoms with E-state index in [1.165, 1.54) is 18.2 Å². The molecule has 2 fully saturated rings. The number of hydrogen-bond donors (Lipinski definition) is 1. The molecule has 0 aromatic heterocycles. The molecule has 4 rings (SSSR count). The van der Waals surface area contributed by atoms with Crippen LogP contribution < -0.4 is 5.73 Å². The van der Waals surface area contributed by atoms with E-state index in [0.717, 1.165) is 18.6 Å². The smallest absolute Gasteiger partial charge is 0.229 e. The van der Waals surface area contributed by atoms with Gasteiger partial charge in [0.05, 0.1) is 11.5 Å². The van der Waals surface area contributed by atoms with Gasteiger partial charge in [-0.25, -0.2) is 13.2 Å². The fraction of sp³-hybridized carbons (Fsp3) is 0.381. The van der Waals surface area contributed by atoms with Gasteiger partial charge in [-0.2, -0.15) is 0 Å². The minimum Gasteiger partial charge on any atom is -0.338 e. The van der Waals surface area contributed by atoms with E-state index in [1.54, 1.807) is 17.0 Å². The number of nitrogens with two attached hydrogens (primary N) is 1. The third-order valence-corrected chi connectivity index (χ3v) is 5.75. The maximum Gasteiger partial charge on any atom is 0.229 e. The highest BCUT2D eigenvalue weighted by molar-refractivity contribution is 5.86. The second kappa shape index (κ2) is 6.37. The standard InChI is InChI=1S/C21H21F3N2O/c1-12(25)18-9-10-26(18)20(27)15-11-21(15,24)14-6-3-2-5-13(14)19-16(22)7-4-8-17(19)23/h2-8,12,15,18H,9-11,25H2,1H3/t12-,15-,18-,21+/m0/s1. The van der Waals surface area contributed by atoms with Crippen LogP contribution in [0.25, 0.3) is 11.1 Å². The molecule has 0 radical (unpaired) electrons. The van der Waals surface area contributed by atoms with Gasteiger partial charge in [-0.1, -0.05) is 30.3 Å². The molecule has 1 aliphatic heterocycles. The topological polar surface area (TPSA) is 46.3 Å².